The first-order valence-electron chi connectivity index (χ1n) is 10.6. The molecule has 0 bridgehead atoms. The van der Waals surface area contributed by atoms with E-state index in [1.807, 2.05) is 18.2 Å². The predicted octanol–water partition coefficient (Wildman–Crippen LogP) is 6.82. The van der Waals surface area contributed by atoms with Gasteiger partial charge in [0.1, 0.15) is 0 Å². The molecule has 3 nitrogen and oxygen atoms in total. The molecule has 3 aromatic rings. The highest BCUT2D eigenvalue weighted by Crippen LogP contribution is 2.36. The van der Waals surface area contributed by atoms with Crippen molar-refractivity contribution in [3.63, 3.8) is 0 Å². The van der Waals surface area contributed by atoms with Gasteiger partial charge in [0.2, 0.25) is 5.82 Å². The molecule has 29 heavy (non-hydrogen) atoms. The van der Waals surface area contributed by atoms with Crippen LogP contribution in [0, 0.1) is 12.0 Å². The maximum Gasteiger partial charge on any atom is 0.250 e. The number of allylic oxidation sites excluding steroid dienone is 1. The van der Waals surface area contributed by atoms with Gasteiger partial charge in [-0.15, -0.1) is 0 Å². The molecule has 149 valence electrons. The molecule has 1 aliphatic carbocycles. The van der Waals surface area contributed by atoms with Gasteiger partial charge in [-0.25, -0.2) is 0 Å². The second kappa shape index (κ2) is 8.36. The van der Waals surface area contributed by atoms with E-state index in [1.54, 1.807) is 0 Å². The molecule has 0 saturated heterocycles. The predicted molar refractivity (Wildman–Crippen MR) is 117 cm³/mol. The summed E-state index contributed by atoms with van der Waals surface area (Å²) in [5.74, 6) is 2.50. The van der Waals surface area contributed by atoms with Gasteiger partial charge < -0.3 is 4.52 Å². The molecule has 0 unspecified atom stereocenters. The van der Waals surface area contributed by atoms with Gasteiger partial charge >= 0.3 is 0 Å². The van der Waals surface area contributed by atoms with Crippen molar-refractivity contribution in [2.24, 2.45) is 5.92 Å². The Kier molecular flexibility index (Phi) is 5.66. The Bertz CT molecular complexity index is 940. The van der Waals surface area contributed by atoms with Crippen LogP contribution in [0.5, 0.6) is 0 Å². The summed E-state index contributed by atoms with van der Waals surface area (Å²) < 4.78 is 5.45. The molecule has 1 heterocycles. The van der Waals surface area contributed by atoms with Crippen LogP contribution in [0.15, 0.2) is 59.1 Å². The van der Waals surface area contributed by atoms with Crippen LogP contribution in [-0.4, -0.2) is 10.1 Å². The van der Waals surface area contributed by atoms with Gasteiger partial charge in [0, 0.05) is 5.56 Å². The number of nitrogens with zero attached hydrogens (tertiary/aromatic N) is 2. The van der Waals surface area contributed by atoms with Crippen molar-refractivity contribution in [2.75, 3.05) is 0 Å². The topological polar surface area (TPSA) is 38.9 Å². The van der Waals surface area contributed by atoms with Gasteiger partial charge in [0.15, 0.2) is 0 Å². The van der Waals surface area contributed by atoms with Crippen LogP contribution in [0.1, 0.15) is 69.4 Å². The van der Waals surface area contributed by atoms with Crippen LogP contribution in [0.25, 0.3) is 17.5 Å². The van der Waals surface area contributed by atoms with Crippen molar-refractivity contribution in [2.45, 2.75) is 57.8 Å². The molecule has 0 amide bonds. The van der Waals surface area contributed by atoms with Gasteiger partial charge in [-0.2, -0.15) is 4.98 Å². The first-order valence-corrected chi connectivity index (χ1v) is 10.6. The highest BCUT2D eigenvalue weighted by Gasteiger charge is 2.21. The lowest BCUT2D eigenvalue weighted by atomic mass is 9.78. The smallest absolute Gasteiger partial charge is 0.250 e. The average molecular weight is 386 g/mol. The fourth-order valence-electron chi connectivity index (χ4n) is 4.07. The minimum Gasteiger partial charge on any atom is -0.334 e. The lowest BCUT2D eigenvalue weighted by Gasteiger charge is -2.26. The lowest BCUT2D eigenvalue weighted by Crippen LogP contribution is -2.11. The van der Waals surface area contributed by atoms with E-state index in [0.29, 0.717) is 23.6 Å². The van der Waals surface area contributed by atoms with Gasteiger partial charge in [0.05, 0.1) is 0 Å². The molecule has 0 N–H and O–H groups in total. The molecule has 4 rings (SSSR count). The van der Waals surface area contributed by atoms with E-state index < -0.39 is 0 Å². The van der Waals surface area contributed by atoms with Crippen molar-refractivity contribution in [1.82, 2.24) is 10.1 Å². The third-order valence-corrected chi connectivity index (χ3v) is 5.95. The SMILES string of the molecule is CC(C)(C)c1ccc(-c2noc(C=CC3CCC(c4cc[c]cc4)CC3)n2)cc1. The van der Waals surface area contributed by atoms with Crippen LogP contribution >= 0.6 is 0 Å². The molecule has 0 spiro atoms. The summed E-state index contributed by atoms with van der Waals surface area (Å²) in [4.78, 5) is 4.55. The maximum absolute atomic E-state index is 5.45. The number of rotatable bonds is 4. The van der Waals surface area contributed by atoms with E-state index >= 15 is 0 Å². The van der Waals surface area contributed by atoms with Crippen molar-refractivity contribution >= 4 is 6.08 Å². The zero-order chi connectivity index (χ0) is 20.3. The molecule has 1 aliphatic rings. The molecular weight excluding hydrogens is 356 g/mol. The van der Waals surface area contributed by atoms with Crippen LogP contribution in [0.4, 0.5) is 0 Å². The van der Waals surface area contributed by atoms with E-state index in [9.17, 15) is 0 Å². The summed E-state index contributed by atoms with van der Waals surface area (Å²) in [5, 5.41) is 4.15. The Balaban J connectivity index is 1.35. The number of hydrogen-bond donors (Lipinski definition) is 0. The molecule has 1 saturated carbocycles. The zero-order valence-electron chi connectivity index (χ0n) is 17.6. The van der Waals surface area contributed by atoms with E-state index in [2.05, 4.69) is 79.5 Å². The minimum atomic E-state index is 0.141. The highest BCUT2D eigenvalue weighted by molar-refractivity contribution is 5.56. The summed E-state index contributed by atoms with van der Waals surface area (Å²) in [5.41, 5.74) is 3.88. The summed E-state index contributed by atoms with van der Waals surface area (Å²) in [6.45, 7) is 6.64. The molecule has 1 aromatic heterocycles. The summed E-state index contributed by atoms with van der Waals surface area (Å²) in [6.07, 6.45) is 9.10. The van der Waals surface area contributed by atoms with Gasteiger partial charge in [-0.1, -0.05) is 80.5 Å². The molecule has 3 heteroatoms. The van der Waals surface area contributed by atoms with Gasteiger partial charge in [-0.05, 0) is 66.2 Å². The van der Waals surface area contributed by atoms with E-state index in [1.165, 1.54) is 36.8 Å². The highest BCUT2D eigenvalue weighted by atomic mass is 16.5. The number of aromatic nitrogens is 2. The van der Waals surface area contributed by atoms with E-state index in [-0.39, 0.29) is 5.41 Å². The lowest BCUT2D eigenvalue weighted by molar-refractivity contribution is 0.375. The van der Waals surface area contributed by atoms with Crippen molar-refractivity contribution in [3.05, 3.63) is 77.7 Å². The van der Waals surface area contributed by atoms with Gasteiger partial charge in [-0.3, -0.25) is 0 Å². The Morgan fingerprint density at radius 2 is 1.66 bits per heavy atom. The minimum absolute atomic E-state index is 0.141. The quantitative estimate of drug-likeness (QED) is 0.494. The first kappa shape index (κ1) is 19.6. The second-order valence-corrected chi connectivity index (χ2v) is 9.09. The Hall–Kier alpha value is -2.68. The molecule has 0 aliphatic heterocycles. The summed E-state index contributed by atoms with van der Waals surface area (Å²) in [7, 11) is 0. The van der Waals surface area contributed by atoms with Crippen LogP contribution in [-0.2, 0) is 5.41 Å². The standard InChI is InChI=1S/C26H29N2O/c1-26(2,3)23-16-14-22(15-17-23)25-27-24(29-28-25)18-11-19-9-12-21(13-10-19)20-7-5-4-6-8-20/h5-8,11,14-19,21H,9-10,12-13H2,1-3H3. The third kappa shape index (κ3) is 4.84. The maximum atomic E-state index is 5.45. The van der Waals surface area contributed by atoms with Crippen LogP contribution < -0.4 is 0 Å². The largest absolute Gasteiger partial charge is 0.334 e. The molecule has 0 atom stereocenters. The molecule has 2 aromatic carbocycles. The molecular formula is C26H29N2O. The Morgan fingerprint density at radius 1 is 0.966 bits per heavy atom. The van der Waals surface area contributed by atoms with Gasteiger partial charge in [0.25, 0.3) is 5.89 Å². The Labute approximate surface area is 173 Å². The third-order valence-electron chi connectivity index (χ3n) is 5.95. The van der Waals surface area contributed by atoms with Crippen LogP contribution in [0.3, 0.4) is 0 Å². The second-order valence-electron chi connectivity index (χ2n) is 9.09. The number of benzene rings is 2. The first-order chi connectivity index (χ1) is 14.0. The van der Waals surface area contributed by atoms with Crippen molar-refractivity contribution < 1.29 is 4.52 Å². The summed E-state index contributed by atoms with van der Waals surface area (Å²) >= 11 is 0. The fraction of sp³-hybridized carbons (Fsp3) is 0.385. The zero-order valence-corrected chi connectivity index (χ0v) is 17.6. The van der Waals surface area contributed by atoms with Crippen molar-refractivity contribution in [1.29, 1.82) is 0 Å². The van der Waals surface area contributed by atoms with E-state index in [4.69, 9.17) is 4.52 Å². The number of hydrogen-bond acceptors (Lipinski definition) is 3. The fourth-order valence-corrected chi connectivity index (χ4v) is 4.07. The molecule has 1 radical (unpaired) electrons. The monoisotopic (exact) mass is 385 g/mol. The Morgan fingerprint density at radius 3 is 2.31 bits per heavy atom. The average Bonchev–Trinajstić information content (AvgIpc) is 3.22. The van der Waals surface area contributed by atoms with Crippen molar-refractivity contribution in [3.8, 4) is 11.4 Å². The van der Waals surface area contributed by atoms with Crippen LogP contribution in [0.2, 0.25) is 0 Å². The van der Waals surface area contributed by atoms with E-state index in [0.717, 1.165) is 5.56 Å². The molecule has 1 fully saturated rings. The summed E-state index contributed by atoms with van der Waals surface area (Å²) in [6, 6.07) is 20.0. The normalized spacial score (nSPS) is 20.2.